The number of thioether (sulfide) groups is 1. The Morgan fingerprint density at radius 1 is 1.26 bits per heavy atom. The second kappa shape index (κ2) is 8.02. The molecule has 1 saturated carbocycles. The molecule has 1 aliphatic carbocycles. The van der Waals surface area contributed by atoms with Gasteiger partial charge in [0, 0.05) is 42.7 Å². The molecule has 4 heteroatoms. The van der Waals surface area contributed by atoms with E-state index in [1.54, 1.807) is 0 Å². The lowest BCUT2D eigenvalue weighted by molar-refractivity contribution is 0.0997. The first-order valence-electron chi connectivity index (χ1n) is 8.99. The monoisotopic (exact) mass is 334 g/mol. The molecule has 2 aliphatic rings. The summed E-state index contributed by atoms with van der Waals surface area (Å²) in [6, 6.07) is 8.65. The first-order chi connectivity index (χ1) is 11.2. The molecule has 0 bridgehead atoms. The van der Waals surface area contributed by atoms with Crippen molar-refractivity contribution in [1.29, 1.82) is 0 Å². The van der Waals surface area contributed by atoms with Gasteiger partial charge in [0.05, 0.1) is 6.61 Å². The Morgan fingerprint density at radius 2 is 2.00 bits per heavy atom. The van der Waals surface area contributed by atoms with Crippen molar-refractivity contribution in [1.82, 2.24) is 10.2 Å². The average Bonchev–Trinajstić information content (AvgIpc) is 3.11. The summed E-state index contributed by atoms with van der Waals surface area (Å²) in [5.74, 6) is 2.58. The van der Waals surface area contributed by atoms with Gasteiger partial charge in [-0.3, -0.25) is 4.90 Å². The zero-order chi connectivity index (χ0) is 16.1. The normalized spacial score (nSPS) is 23.0. The van der Waals surface area contributed by atoms with E-state index in [1.807, 2.05) is 12.1 Å². The smallest absolute Gasteiger partial charge is 0.0681 e. The summed E-state index contributed by atoms with van der Waals surface area (Å²) in [7, 11) is 0. The van der Waals surface area contributed by atoms with Gasteiger partial charge in [-0.2, -0.15) is 11.8 Å². The Morgan fingerprint density at radius 3 is 2.70 bits per heavy atom. The van der Waals surface area contributed by atoms with E-state index in [1.165, 1.54) is 55.8 Å². The molecule has 0 aromatic heterocycles. The lowest BCUT2D eigenvalue weighted by Gasteiger charge is -2.44. The summed E-state index contributed by atoms with van der Waals surface area (Å²) in [5, 5.41) is 13.1. The summed E-state index contributed by atoms with van der Waals surface area (Å²) < 4.78 is 0. The molecule has 128 valence electrons. The van der Waals surface area contributed by atoms with Crippen molar-refractivity contribution < 1.29 is 5.11 Å². The number of nitrogens with zero attached hydrogens (tertiary/aromatic N) is 1. The number of nitrogens with one attached hydrogen (secondary N) is 1. The highest BCUT2D eigenvalue weighted by Gasteiger charge is 2.39. The molecule has 2 fully saturated rings. The van der Waals surface area contributed by atoms with Gasteiger partial charge >= 0.3 is 0 Å². The topological polar surface area (TPSA) is 35.5 Å². The standard InChI is InChI=1S/C19H30N2OS/c1-16(18-6-4-5-17(13-18)14-22)20-15-19(7-2-3-8-19)21-9-11-23-12-10-21/h4-6,13,16,20,22H,2-3,7-12,14-15H2,1H3. The molecule has 1 aromatic carbocycles. The predicted octanol–water partition coefficient (Wildman–Crippen LogP) is 3.19. The highest BCUT2D eigenvalue weighted by atomic mass is 32.2. The third-order valence-electron chi connectivity index (χ3n) is 5.59. The second-order valence-electron chi connectivity index (χ2n) is 7.04. The van der Waals surface area contributed by atoms with E-state index in [-0.39, 0.29) is 6.61 Å². The maximum Gasteiger partial charge on any atom is 0.0681 e. The van der Waals surface area contributed by atoms with Crippen LogP contribution in [0.2, 0.25) is 0 Å². The molecule has 2 N–H and O–H groups in total. The molecule has 1 atom stereocenters. The molecule has 0 spiro atoms. The Balaban J connectivity index is 1.64. The van der Waals surface area contributed by atoms with Gasteiger partial charge in [-0.05, 0) is 30.9 Å². The fourth-order valence-electron chi connectivity index (χ4n) is 4.10. The van der Waals surface area contributed by atoms with Crippen LogP contribution in [0.1, 0.15) is 49.8 Å². The summed E-state index contributed by atoms with van der Waals surface area (Å²) >= 11 is 2.10. The van der Waals surface area contributed by atoms with E-state index in [4.69, 9.17) is 0 Å². The highest BCUT2D eigenvalue weighted by molar-refractivity contribution is 7.99. The SMILES string of the molecule is CC(NCC1(N2CCSCC2)CCCC1)c1cccc(CO)c1. The van der Waals surface area contributed by atoms with Crippen LogP contribution in [-0.2, 0) is 6.61 Å². The zero-order valence-electron chi connectivity index (χ0n) is 14.3. The van der Waals surface area contributed by atoms with Crippen molar-refractivity contribution in [3.05, 3.63) is 35.4 Å². The van der Waals surface area contributed by atoms with Crippen LogP contribution in [-0.4, -0.2) is 46.7 Å². The number of hydrogen-bond acceptors (Lipinski definition) is 4. The lowest BCUT2D eigenvalue weighted by Crippen LogP contribution is -2.56. The van der Waals surface area contributed by atoms with E-state index in [9.17, 15) is 5.11 Å². The first-order valence-corrected chi connectivity index (χ1v) is 10.1. The molecule has 1 aliphatic heterocycles. The van der Waals surface area contributed by atoms with Gasteiger partial charge in [0.1, 0.15) is 0 Å². The molecule has 0 amide bonds. The van der Waals surface area contributed by atoms with Crippen LogP contribution in [0, 0.1) is 0 Å². The fourth-order valence-corrected chi connectivity index (χ4v) is 5.00. The van der Waals surface area contributed by atoms with Crippen molar-refractivity contribution >= 4 is 11.8 Å². The van der Waals surface area contributed by atoms with Crippen molar-refractivity contribution in [3.8, 4) is 0 Å². The number of aliphatic hydroxyl groups excluding tert-OH is 1. The van der Waals surface area contributed by atoms with Gasteiger partial charge in [0.2, 0.25) is 0 Å². The first kappa shape index (κ1) is 17.3. The summed E-state index contributed by atoms with van der Waals surface area (Å²) in [6.45, 7) is 5.95. The minimum absolute atomic E-state index is 0.121. The van der Waals surface area contributed by atoms with Crippen LogP contribution >= 0.6 is 11.8 Å². The summed E-state index contributed by atoms with van der Waals surface area (Å²) in [5.41, 5.74) is 2.66. The average molecular weight is 335 g/mol. The maximum atomic E-state index is 9.33. The van der Waals surface area contributed by atoms with Crippen LogP contribution in [0.25, 0.3) is 0 Å². The quantitative estimate of drug-likeness (QED) is 0.837. The van der Waals surface area contributed by atoms with Crippen molar-refractivity contribution in [2.75, 3.05) is 31.1 Å². The van der Waals surface area contributed by atoms with E-state index in [2.05, 4.69) is 41.0 Å². The summed E-state index contributed by atoms with van der Waals surface area (Å²) in [4.78, 5) is 2.76. The van der Waals surface area contributed by atoms with Gasteiger partial charge in [0.25, 0.3) is 0 Å². The Bertz CT molecular complexity index is 496. The Hall–Kier alpha value is -0.550. The van der Waals surface area contributed by atoms with Crippen LogP contribution in [0.4, 0.5) is 0 Å². The molecular weight excluding hydrogens is 304 g/mol. The van der Waals surface area contributed by atoms with E-state index < -0.39 is 0 Å². The van der Waals surface area contributed by atoms with Gasteiger partial charge in [-0.25, -0.2) is 0 Å². The summed E-state index contributed by atoms with van der Waals surface area (Å²) in [6.07, 6.45) is 5.43. The molecule has 3 rings (SSSR count). The van der Waals surface area contributed by atoms with Gasteiger partial charge in [-0.1, -0.05) is 37.1 Å². The molecule has 0 radical (unpaired) electrons. The minimum atomic E-state index is 0.121. The van der Waals surface area contributed by atoms with Crippen LogP contribution in [0.15, 0.2) is 24.3 Å². The lowest BCUT2D eigenvalue weighted by atomic mass is 9.93. The maximum absolute atomic E-state index is 9.33. The number of hydrogen-bond donors (Lipinski definition) is 2. The van der Waals surface area contributed by atoms with E-state index >= 15 is 0 Å². The van der Waals surface area contributed by atoms with E-state index in [0.717, 1.165) is 12.1 Å². The molecule has 1 aromatic rings. The van der Waals surface area contributed by atoms with Crippen molar-refractivity contribution in [3.63, 3.8) is 0 Å². The third-order valence-corrected chi connectivity index (χ3v) is 6.53. The van der Waals surface area contributed by atoms with Crippen molar-refractivity contribution in [2.45, 2.75) is 50.8 Å². The molecule has 1 heterocycles. The Labute approximate surface area is 144 Å². The van der Waals surface area contributed by atoms with E-state index in [0.29, 0.717) is 11.6 Å². The zero-order valence-corrected chi connectivity index (χ0v) is 15.1. The Kier molecular flexibility index (Phi) is 6.02. The highest BCUT2D eigenvalue weighted by Crippen LogP contribution is 2.36. The largest absolute Gasteiger partial charge is 0.392 e. The van der Waals surface area contributed by atoms with Gasteiger partial charge in [0.15, 0.2) is 0 Å². The third kappa shape index (κ3) is 4.11. The minimum Gasteiger partial charge on any atom is -0.392 e. The van der Waals surface area contributed by atoms with Gasteiger partial charge in [-0.15, -0.1) is 0 Å². The van der Waals surface area contributed by atoms with Gasteiger partial charge < -0.3 is 10.4 Å². The number of rotatable bonds is 6. The second-order valence-corrected chi connectivity index (χ2v) is 8.26. The molecule has 3 nitrogen and oxygen atoms in total. The molecule has 1 saturated heterocycles. The van der Waals surface area contributed by atoms with Crippen LogP contribution in [0.5, 0.6) is 0 Å². The number of aliphatic hydroxyl groups is 1. The van der Waals surface area contributed by atoms with Crippen molar-refractivity contribution in [2.24, 2.45) is 0 Å². The predicted molar refractivity (Wildman–Crippen MR) is 98.9 cm³/mol. The van der Waals surface area contributed by atoms with Crippen LogP contribution in [0.3, 0.4) is 0 Å². The van der Waals surface area contributed by atoms with Crippen LogP contribution < -0.4 is 5.32 Å². The fraction of sp³-hybridized carbons (Fsp3) is 0.684. The molecule has 23 heavy (non-hydrogen) atoms. The molecule has 1 unspecified atom stereocenters. The number of benzene rings is 1. The molecular formula is C19H30N2OS.